The Balaban J connectivity index is 1.85. The van der Waals surface area contributed by atoms with Gasteiger partial charge in [0.2, 0.25) is 0 Å². The minimum Gasteiger partial charge on any atom is -0.354 e. The highest BCUT2D eigenvalue weighted by atomic mass is 35.5. The second-order valence-electron chi connectivity index (χ2n) is 4.71. The van der Waals surface area contributed by atoms with Crippen LogP contribution in [0.1, 0.15) is 11.1 Å². The van der Waals surface area contributed by atoms with Crippen molar-refractivity contribution in [3.63, 3.8) is 0 Å². The summed E-state index contributed by atoms with van der Waals surface area (Å²) in [6, 6.07) is 9.71. The number of anilines is 1. The Morgan fingerprint density at radius 3 is 2.32 bits per heavy atom. The van der Waals surface area contributed by atoms with Gasteiger partial charge in [-0.2, -0.15) is 0 Å². The van der Waals surface area contributed by atoms with Crippen molar-refractivity contribution in [1.82, 2.24) is 4.98 Å². The fourth-order valence-electron chi connectivity index (χ4n) is 2.52. The average molecular weight is 277 g/mol. The highest BCUT2D eigenvalue weighted by Gasteiger charge is 2.17. The lowest BCUT2D eigenvalue weighted by molar-refractivity contribution is 0.609. The molecule has 98 valence electrons. The van der Waals surface area contributed by atoms with E-state index in [0.29, 0.717) is 10.8 Å². The first-order valence-electron chi connectivity index (χ1n) is 6.37. The SMILES string of the molecule is Fc1cc(Cl)cnc1N1CCc2ccccc2CC1. The van der Waals surface area contributed by atoms with E-state index in [-0.39, 0.29) is 5.82 Å². The van der Waals surface area contributed by atoms with Gasteiger partial charge in [0.1, 0.15) is 0 Å². The van der Waals surface area contributed by atoms with Gasteiger partial charge in [0.05, 0.1) is 5.02 Å². The minimum absolute atomic E-state index is 0.333. The summed E-state index contributed by atoms with van der Waals surface area (Å²) in [6.07, 6.45) is 3.33. The van der Waals surface area contributed by atoms with Crippen LogP contribution >= 0.6 is 11.6 Å². The van der Waals surface area contributed by atoms with Gasteiger partial charge in [-0.3, -0.25) is 0 Å². The Morgan fingerprint density at radius 2 is 1.74 bits per heavy atom. The number of benzene rings is 1. The van der Waals surface area contributed by atoms with Crippen LogP contribution < -0.4 is 4.90 Å². The monoisotopic (exact) mass is 276 g/mol. The van der Waals surface area contributed by atoms with Crippen LogP contribution in [0.15, 0.2) is 36.5 Å². The van der Waals surface area contributed by atoms with Crippen LogP contribution in [0, 0.1) is 5.82 Å². The summed E-state index contributed by atoms with van der Waals surface area (Å²) >= 11 is 5.74. The van der Waals surface area contributed by atoms with Crippen LogP contribution in [0.5, 0.6) is 0 Å². The van der Waals surface area contributed by atoms with Gasteiger partial charge in [0.15, 0.2) is 11.6 Å². The van der Waals surface area contributed by atoms with Gasteiger partial charge in [-0.1, -0.05) is 35.9 Å². The largest absolute Gasteiger partial charge is 0.354 e. The molecule has 0 bridgehead atoms. The molecule has 0 unspecified atom stereocenters. The van der Waals surface area contributed by atoms with Crippen LogP contribution in [-0.2, 0) is 12.8 Å². The summed E-state index contributed by atoms with van der Waals surface area (Å²) in [4.78, 5) is 6.12. The Hall–Kier alpha value is -1.61. The zero-order valence-corrected chi connectivity index (χ0v) is 11.2. The van der Waals surface area contributed by atoms with Gasteiger partial charge in [-0.15, -0.1) is 0 Å². The third kappa shape index (κ3) is 2.56. The standard InChI is InChI=1S/C15H14ClFN2/c16-13-9-14(17)15(18-10-13)19-7-5-11-3-1-2-4-12(11)6-8-19/h1-4,9-10H,5-8H2. The Morgan fingerprint density at radius 1 is 1.11 bits per heavy atom. The predicted molar refractivity (Wildman–Crippen MR) is 75.3 cm³/mol. The topological polar surface area (TPSA) is 16.1 Å². The Kier molecular flexibility index (Phi) is 3.38. The highest BCUT2D eigenvalue weighted by Crippen LogP contribution is 2.23. The molecule has 0 atom stereocenters. The summed E-state index contributed by atoms with van der Waals surface area (Å²) in [5, 5.41) is 0.333. The van der Waals surface area contributed by atoms with Crippen molar-refractivity contribution in [2.75, 3.05) is 18.0 Å². The Labute approximate surface area is 116 Å². The van der Waals surface area contributed by atoms with E-state index >= 15 is 0 Å². The van der Waals surface area contributed by atoms with E-state index in [1.807, 2.05) is 4.90 Å². The van der Waals surface area contributed by atoms with E-state index in [4.69, 9.17) is 11.6 Å². The molecule has 0 N–H and O–H groups in total. The second-order valence-corrected chi connectivity index (χ2v) is 5.15. The van der Waals surface area contributed by atoms with Gasteiger partial charge in [-0.25, -0.2) is 9.37 Å². The van der Waals surface area contributed by atoms with Crippen LogP contribution in [0.25, 0.3) is 0 Å². The fraction of sp³-hybridized carbons (Fsp3) is 0.267. The molecule has 0 aliphatic carbocycles. The van der Waals surface area contributed by atoms with Crippen molar-refractivity contribution in [1.29, 1.82) is 0 Å². The third-order valence-electron chi connectivity index (χ3n) is 3.51. The maximum absolute atomic E-state index is 13.9. The summed E-state index contributed by atoms with van der Waals surface area (Å²) in [5.74, 6) is 0.0515. The van der Waals surface area contributed by atoms with E-state index in [0.717, 1.165) is 25.9 Å². The molecule has 0 radical (unpaired) electrons. The van der Waals surface area contributed by atoms with Crippen molar-refractivity contribution >= 4 is 17.4 Å². The number of halogens is 2. The molecule has 0 spiro atoms. The lowest BCUT2D eigenvalue weighted by Crippen LogP contribution is -2.27. The Bertz CT molecular complexity index is 573. The fourth-order valence-corrected chi connectivity index (χ4v) is 2.66. The normalized spacial score (nSPS) is 14.9. The van der Waals surface area contributed by atoms with E-state index in [1.54, 1.807) is 0 Å². The maximum Gasteiger partial charge on any atom is 0.167 e. The second kappa shape index (κ2) is 5.17. The smallest absolute Gasteiger partial charge is 0.167 e. The molecular weight excluding hydrogens is 263 g/mol. The van der Waals surface area contributed by atoms with Crippen LogP contribution in [0.3, 0.4) is 0 Å². The highest BCUT2D eigenvalue weighted by molar-refractivity contribution is 6.30. The molecule has 2 aromatic rings. The molecule has 1 aliphatic heterocycles. The lowest BCUT2D eigenvalue weighted by atomic mass is 10.0. The molecule has 3 rings (SSSR count). The van der Waals surface area contributed by atoms with Crippen LogP contribution in [0.4, 0.5) is 10.2 Å². The van der Waals surface area contributed by atoms with Crippen LogP contribution in [-0.4, -0.2) is 18.1 Å². The van der Waals surface area contributed by atoms with E-state index < -0.39 is 0 Å². The van der Waals surface area contributed by atoms with Crippen molar-refractivity contribution in [3.8, 4) is 0 Å². The van der Waals surface area contributed by atoms with E-state index in [9.17, 15) is 4.39 Å². The quantitative estimate of drug-likeness (QED) is 0.793. The zero-order chi connectivity index (χ0) is 13.2. The maximum atomic E-state index is 13.9. The number of hydrogen-bond donors (Lipinski definition) is 0. The molecule has 0 saturated heterocycles. The van der Waals surface area contributed by atoms with Gasteiger partial charge in [0, 0.05) is 19.3 Å². The molecule has 1 aromatic carbocycles. The van der Waals surface area contributed by atoms with Crippen LogP contribution in [0.2, 0.25) is 5.02 Å². The molecule has 0 fully saturated rings. The molecule has 2 heterocycles. The molecule has 4 heteroatoms. The molecule has 0 saturated carbocycles. The molecule has 0 amide bonds. The van der Waals surface area contributed by atoms with Crippen molar-refractivity contribution in [2.24, 2.45) is 0 Å². The van der Waals surface area contributed by atoms with Crippen molar-refractivity contribution in [3.05, 3.63) is 58.5 Å². The van der Waals surface area contributed by atoms with Gasteiger partial charge >= 0.3 is 0 Å². The van der Waals surface area contributed by atoms with Gasteiger partial charge in [-0.05, 0) is 30.0 Å². The molecule has 2 nitrogen and oxygen atoms in total. The number of fused-ring (bicyclic) bond motifs is 1. The number of pyridine rings is 1. The third-order valence-corrected chi connectivity index (χ3v) is 3.72. The molecular formula is C15H14ClFN2. The molecule has 19 heavy (non-hydrogen) atoms. The first-order chi connectivity index (χ1) is 9.24. The summed E-state index contributed by atoms with van der Waals surface area (Å²) < 4.78 is 13.9. The summed E-state index contributed by atoms with van der Waals surface area (Å²) in [6.45, 7) is 1.56. The predicted octanol–water partition coefficient (Wildman–Crippen LogP) is 3.48. The number of nitrogens with zero attached hydrogens (tertiary/aromatic N) is 2. The van der Waals surface area contributed by atoms with E-state index in [1.165, 1.54) is 23.4 Å². The summed E-state index contributed by atoms with van der Waals surface area (Å²) in [5.41, 5.74) is 2.69. The van der Waals surface area contributed by atoms with Gasteiger partial charge < -0.3 is 4.90 Å². The van der Waals surface area contributed by atoms with Crippen molar-refractivity contribution < 1.29 is 4.39 Å². The summed E-state index contributed by atoms with van der Waals surface area (Å²) in [7, 11) is 0. The first-order valence-corrected chi connectivity index (χ1v) is 6.74. The lowest BCUT2D eigenvalue weighted by Gasteiger charge is -2.21. The van der Waals surface area contributed by atoms with E-state index in [2.05, 4.69) is 29.2 Å². The molecule has 1 aliphatic rings. The van der Waals surface area contributed by atoms with Crippen molar-refractivity contribution in [2.45, 2.75) is 12.8 Å². The number of aromatic nitrogens is 1. The zero-order valence-electron chi connectivity index (χ0n) is 10.4. The number of rotatable bonds is 1. The number of hydrogen-bond acceptors (Lipinski definition) is 2. The average Bonchev–Trinajstić information content (AvgIpc) is 2.62. The molecule has 1 aromatic heterocycles. The van der Waals surface area contributed by atoms with Gasteiger partial charge in [0.25, 0.3) is 0 Å². The first kappa shape index (κ1) is 12.4. The minimum atomic E-state index is -0.349.